The molecule has 0 radical (unpaired) electrons. The third-order valence-electron chi connectivity index (χ3n) is 13.7. The highest BCUT2D eigenvalue weighted by Crippen LogP contribution is 2.42. The molecule has 0 bridgehead atoms. The number of benzene rings is 4. The van der Waals surface area contributed by atoms with Crippen molar-refractivity contribution in [2.45, 2.75) is 55.6 Å². The van der Waals surface area contributed by atoms with Crippen LogP contribution < -0.4 is 31.2 Å². The lowest BCUT2D eigenvalue weighted by atomic mass is 9.99. The van der Waals surface area contributed by atoms with Crippen LogP contribution in [0.1, 0.15) is 23.6 Å². The lowest BCUT2D eigenvalue weighted by Crippen LogP contribution is -2.72. The summed E-state index contributed by atoms with van der Waals surface area (Å²) in [4.78, 5) is 96.5. The molecule has 4 aliphatic heterocycles. The fraction of sp³-hybridized carbons (Fsp3) is 0.214. The van der Waals surface area contributed by atoms with E-state index in [2.05, 4.69) is 30.6 Å². The van der Waals surface area contributed by atoms with Crippen LogP contribution in [0.3, 0.4) is 0 Å². The summed E-state index contributed by atoms with van der Waals surface area (Å²) < 4.78 is 12.4. The number of thioether (sulfide) groups is 2. The molecule has 0 aliphatic carbocycles. The molecule has 5 atom stereocenters. The Kier molecular flexibility index (Phi) is 16.2. The van der Waals surface area contributed by atoms with Gasteiger partial charge in [0, 0.05) is 41.3 Å². The fourth-order valence-electron chi connectivity index (χ4n) is 9.52. The smallest absolute Gasteiger partial charge is 0.259 e. The van der Waals surface area contributed by atoms with E-state index in [4.69, 9.17) is 55.9 Å². The van der Waals surface area contributed by atoms with Crippen LogP contribution in [0.25, 0.3) is 44.6 Å². The molecule has 4 aromatic carbocycles. The number of halogens is 4. The topological polar surface area (TPSA) is 209 Å². The van der Waals surface area contributed by atoms with Gasteiger partial charge in [0.15, 0.2) is 0 Å². The molecule has 0 saturated carbocycles. The summed E-state index contributed by atoms with van der Waals surface area (Å²) >= 11 is 30.8. The fourth-order valence-corrected chi connectivity index (χ4v) is 14.4. The van der Waals surface area contributed by atoms with Crippen LogP contribution in [-0.2, 0) is 32.0 Å². The standard InChI is InChI=1S/2C28H22Cl2N4O4S2/c2*1-14-15(13-40-28-24(27(37)34(14)28)32-23(35)11-18-3-2-8-39-18)12-38-22-7-5-17(30)10-20(22)25-31-21-6-4-16(29)9-19(21)26(36)33-25/h2-10,24,28H,11-13H2,1H3,(H,32,35)(H,31,33,36);2-10,13-14,24,28H,11-12H2,1H3,(H,32,35)(H,31,33,36). The molecule has 8 heterocycles. The first-order chi connectivity index (χ1) is 38.6. The minimum atomic E-state index is -0.549. The van der Waals surface area contributed by atoms with Crippen LogP contribution in [0, 0.1) is 0 Å². The maximum Gasteiger partial charge on any atom is 0.259 e. The Hall–Kier alpha value is -6.62. The Morgan fingerprint density at radius 2 is 1.16 bits per heavy atom. The number of fused-ring (bicyclic) bond motifs is 4. The van der Waals surface area contributed by atoms with Crippen molar-refractivity contribution in [3.8, 4) is 34.3 Å². The number of ether oxygens (including phenoxy) is 2. The van der Waals surface area contributed by atoms with Crippen molar-refractivity contribution in [3.63, 3.8) is 0 Å². The molecule has 4 amide bonds. The molecular formula is C56H44Cl4N8O8S4. The Bertz CT molecular complexity index is 3920. The molecular weight excluding hydrogens is 1180 g/mol. The zero-order valence-electron chi connectivity index (χ0n) is 42.1. The van der Waals surface area contributed by atoms with Gasteiger partial charge in [0.2, 0.25) is 17.7 Å². The number of thiophene rings is 2. The highest BCUT2D eigenvalue weighted by atomic mass is 35.5. The molecule has 5 unspecified atom stereocenters. The minimum Gasteiger partial charge on any atom is -0.488 e. The second kappa shape index (κ2) is 23.5. The van der Waals surface area contributed by atoms with Gasteiger partial charge in [-0.3, -0.25) is 33.7 Å². The summed E-state index contributed by atoms with van der Waals surface area (Å²) in [6, 6.07) is 26.4. The summed E-state index contributed by atoms with van der Waals surface area (Å²) in [6.07, 6.45) is 0.527. The van der Waals surface area contributed by atoms with Crippen molar-refractivity contribution in [2.75, 3.05) is 19.0 Å². The Morgan fingerprint density at radius 1 is 0.662 bits per heavy atom. The maximum absolute atomic E-state index is 13.0. The van der Waals surface area contributed by atoms with Gasteiger partial charge in [-0.2, -0.15) is 0 Å². The molecule has 408 valence electrons. The third kappa shape index (κ3) is 11.5. The number of aromatic nitrogens is 4. The molecule has 8 aromatic rings. The van der Waals surface area contributed by atoms with Crippen LogP contribution in [0.5, 0.6) is 11.5 Å². The monoisotopic (exact) mass is 1220 g/mol. The lowest BCUT2D eigenvalue weighted by molar-refractivity contribution is -0.150. The van der Waals surface area contributed by atoms with Gasteiger partial charge in [0.1, 0.15) is 59.2 Å². The number of carbonyl (C=O) groups excluding carboxylic acids is 4. The van der Waals surface area contributed by atoms with Crippen molar-refractivity contribution in [2.24, 2.45) is 0 Å². The molecule has 4 aliphatic rings. The Morgan fingerprint density at radius 3 is 1.69 bits per heavy atom. The number of rotatable bonds is 14. The van der Waals surface area contributed by atoms with Crippen LogP contribution in [0.4, 0.5) is 0 Å². The second-order valence-corrected chi connectivity index (χ2v) is 24.8. The lowest BCUT2D eigenvalue weighted by Gasteiger charge is -2.52. The van der Waals surface area contributed by atoms with Gasteiger partial charge in [0.25, 0.3) is 17.0 Å². The molecule has 4 aromatic heterocycles. The zero-order chi connectivity index (χ0) is 55.9. The molecule has 80 heavy (non-hydrogen) atoms. The quantitative estimate of drug-likeness (QED) is 0.0750. The first-order valence-electron chi connectivity index (χ1n) is 24.7. The second-order valence-electron chi connectivity index (χ2n) is 18.9. The van der Waals surface area contributed by atoms with Crippen LogP contribution in [-0.4, -0.2) is 101 Å². The number of hydrogen-bond acceptors (Lipinski definition) is 14. The highest BCUT2D eigenvalue weighted by Gasteiger charge is 2.53. The molecule has 4 N–H and O–H groups in total. The third-order valence-corrected chi connectivity index (χ3v) is 19.0. The van der Waals surface area contributed by atoms with E-state index >= 15 is 0 Å². The number of allylic oxidation sites excluding steroid dienone is 1. The number of amides is 4. The summed E-state index contributed by atoms with van der Waals surface area (Å²) in [6.45, 7) is 4.28. The van der Waals surface area contributed by atoms with Gasteiger partial charge in [0.05, 0.1) is 51.8 Å². The van der Waals surface area contributed by atoms with Crippen molar-refractivity contribution >= 4 is 138 Å². The number of H-pyrrole nitrogens is 2. The number of nitrogens with one attached hydrogen (secondary N) is 4. The van der Waals surface area contributed by atoms with Crippen molar-refractivity contribution in [1.82, 2.24) is 40.4 Å². The van der Waals surface area contributed by atoms with Crippen LogP contribution in [0.15, 0.2) is 140 Å². The molecule has 24 heteroatoms. The normalized spacial score (nSPS) is 19.3. The summed E-state index contributed by atoms with van der Waals surface area (Å²) in [7, 11) is 0. The van der Waals surface area contributed by atoms with E-state index in [0.29, 0.717) is 81.9 Å². The maximum atomic E-state index is 13.0. The summed E-state index contributed by atoms with van der Waals surface area (Å²) in [5.74, 6) is 1.69. The number of nitrogens with zero attached hydrogens (tertiary/aromatic N) is 4. The Balaban J connectivity index is 0.000000169. The van der Waals surface area contributed by atoms with Gasteiger partial charge in [-0.05, 0) is 126 Å². The average Bonchev–Trinajstić information content (AvgIpc) is 4.22. The van der Waals surface area contributed by atoms with Crippen molar-refractivity contribution in [1.29, 1.82) is 0 Å². The first kappa shape index (κ1) is 55.3. The number of hydrogen-bond donors (Lipinski definition) is 4. The van der Waals surface area contributed by atoms with Crippen LogP contribution in [0.2, 0.25) is 20.1 Å². The molecule has 2 fully saturated rings. The summed E-state index contributed by atoms with van der Waals surface area (Å²) in [5, 5.41) is 13.9. The highest BCUT2D eigenvalue weighted by molar-refractivity contribution is 8.03. The predicted octanol–water partition coefficient (Wildman–Crippen LogP) is 10.5. The van der Waals surface area contributed by atoms with Crippen molar-refractivity contribution in [3.05, 3.63) is 181 Å². The largest absolute Gasteiger partial charge is 0.488 e. The van der Waals surface area contributed by atoms with E-state index in [-0.39, 0.29) is 77.6 Å². The molecule has 12 rings (SSSR count). The van der Waals surface area contributed by atoms with Gasteiger partial charge < -0.3 is 35.0 Å². The van der Waals surface area contributed by atoms with Gasteiger partial charge in [-0.25, -0.2) is 9.97 Å². The number of aromatic amines is 2. The van der Waals surface area contributed by atoms with Gasteiger partial charge >= 0.3 is 0 Å². The van der Waals surface area contributed by atoms with E-state index in [1.165, 1.54) is 34.4 Å². The summed E-state index contributed by atoms with van der Waals surface area (Å²) in [5.41, 5.74) is 4.09. The number of β-lactam (4-membered cyclic amide) rings is 2. The first-order valence-corrected chi connectivity index (χ1v) is 30.0. The SMILES string of the molecule is CC1=C(COc2ccc(Cl)cc2-c2nc3ccc(Cl)cc3c(=O)[nH]2)CSC2C(NC(=O)Cc3cccs3)C(=O)N12.CC1C(COc2ccc(Cl)cc2-c2nc3ccc(Cl)cc3c(=O)[nH]2)=CSC2C(NC(=O)Cc3cccs3)C(=O)N12. The molecule has 2 saturated heterocycles. The number of carbonyl (C=O) groups is 4. The van der Waals surface area contributed by atoms with Gasteiger partial charge in [-0.1, -0.05) is 58.5 Å². The van der Waals surface area contributed by atoms with E-state index in [1.54, 1.807) is 94.4 Å². The van der Waals surface area contributed by atoms with E-state index in [0.717, 1.165) is 26.6 Å². The predicted molar refractivity (Wildman–Crippen MR) is 318 cm³/mol. The Labute approximate surface area is 492 Å². The molecule has 16 nitrogen and oxygen atoms in total. The average molecular weight is 1230 g/mol. The van der Waals surface area contributed by atoms with E-state index in [1.807, 2.05) is 54.3 Å². The van der Waals surface area contributed by atoms with Crippen molar-refractivity contribution < 1.29 is 28.7 Å². The minimum absolute atomic E-state index is 0.111. The van der Waals surface area contributed by atoms with E-state index in [9.17, 15) is 28.8 Å². The zero-order valence-corrected chi connectivity index (χ0v) is 48.4. The molecule has 0 spiro atoms. The van der Waals surface area contributed by atoms with Gasteiger partial charge in [-0.15, -0.1) is 46.2 Å². The van der Waals surface area contributed by atoms with Crippen LogP contribution >= 0.6 is 92.6 Å². The van der Waals surface area contributed by atoms with E-state index < -0.39 is 12.1 Å².